The monoisotopic (exact) mass is 478 g/mol. The minimum atomic E-state index is -3.59. The molecule has 154 valence electrons. The molecule has 0 atom stereocenters. The first-order valence-corrected chi connectivity index (χ1v) is 11.9. The van der Waals surface area contributed by atoms with Gasteiger partial charge in [0, 0.05) is 48.5 Å². The fourth-order valence-electron chi connectivity index (χ4n) is 3.35. The highest BCUT2D eigenvalue weighted by atomic mass is 79.9. The first kappa shape index (κ1) is 20.3. The summed E-state index contributed by atoms with van der Waals surface area (Å²) < 4.78 is 28.6. The van der Waals surface area contributed by atoms with Crippen LogP contribution < -0.4 is 9.62 Å². The zero-order valence-corrected chi connectivity index (χ0v) is 18.5. The molecule has 2 aliphatic rings. The van der Waals surface area contributed by atoms with E-state index in [2.05, 4.69) is 30.5 Å². The molecule has 0 radical (unpaired) electrons. The Kier molecular flexibility index (Phi) is 5.63. The highest BCUT2D eigenvalue weighted by Gasteiger charge is 2.29. The molecular formula is C20H23BrN4O3S. The molecule has 29 heavy (non-hydrogen) atoms. The van der Waals surface area contributed by atoms with Crippen LogP contribution in [0.15, 0.2) is 45.9 Å². The number of sulfonamides is 1. The molecule has 2 fully saturated rings. The topological polar surface area (TPSA) is 82.6 Å². The summed E-state index contributed by atoms with van der Waals surface area (Å²) in [5.74, 6) is 0.755. The van der Waals surface area contributed by atoms with Crippen LogP contribution in [0.1, 0.15) is 28.8 Å². The molecule has 1 aliphatic carbocycles. The molecule has 4 rings (SSSR count). The number of nitrogens with one attached hydrogen (secondary N) is 1. The van der Waals surface area contributed by atoms with E-state index in [0.717, 1.165) is 28.7 Å². The Morgan fingerprint density at radius 3 is 2.48 bits per heavy atom. The Morgan fingerprint density at radius 1 is 1.14 bits per heavy atom. The van der Waals surface area contributed by atoms with Gasteiger partial charge in [0.05, 0.1) is 4.90 Å². The third-order valence-electron chi connectivity index (χ3n) is 5.25. The maximum atomic E-state index is 13.1. The van der Waals surface area contributed by atoms with Gasteiger partial charge in [-0.25, -0.2) is 18.1 Å². The predicted octanol–water partition coefficient (Wildman–Crippen LogP) is 2.56. The maximum Gasteiger partial charge on any atom is 0.254 e. The maximum absolute atomic E-state index is 13.1. The molecule has 0 bridgehead atoms. The highest BCUT2D eigenvalue weighted by molar-refractivity contribution is 9.10. The lowest BCUT2D eigenvalue weighted by molar-refractivity contribution is 0.0745. The van der Waals surface area contributed by atoms with Gasteiger partial charge in [-0.1, -0.05) is 6.07 Å². The van der Waals surface area contributed by atoms with Crippen molar-refractivity contribution in [2.45, 2.75) is 30.7 Å². The van der Waals surface area contributed by atoms with Crippen molar-refractivity contribution in [2.75, 3.05) is 31.1 Å². The van der Waals surface area contributed by atoms with E-state index in [9.17, 15) is 13.2 Å². The largest absolute Gasteiger partial charge is 0.353 e. The Hall–Kier alpha value is -1.97. The van der Waals surface area contributed by atoms with Crippen LogP contribution in [-0.2, 0) is 10.0 Å². The van der Waals surface area contributed by atoms with Crippen molar-refractivity contribution in [1.29, 1.82) is 0 Å². The van der Waals surface area contributed by atoms with Crippen LogP contribution in [0.4, 0.5) is 5.82 Å². The summed E-state index contributed by atoms with van der Waals surface area (Å²) >= 11 is 3.39. The van der Waals surface area contributed by atoms with Crippen LogP contribution in [0.3, 0.4) is 0 Å². The van der Waals surface area contributed by atoms with Gasteiger partial charge in [-0.15, -0.1) is 0 Å². The van der Waals surface area contributed by atoms with Crippen molar-refractivity contribution in [3.05, 3.63) is 52.1 Å². The number of nitrogens with zero attached hydrogens (tertiary/aromatic N) is 3. The Balaban J connectivity index is 1.47. The van der Waals surface area contributed by atoms with Crippen LogP contribution in [0.2, 0.25) is 0 Å². The van der Waals surface area contributed by atoms with E-state index >= 15 is 0 Å². The molecule has 1 aromatic carbocycles. The fraction of sp³-hybridized carbons (Fsp3) is 0.400. The molecular weight excluding hydrogens is 456 g/mol. The number of halogens is 1. The van der Waals surface area contributed by atoms with Gasteiger partial charge < -0.3 is 9.80 Å². The van der Waals surface area contributed by atoms with Gasteiger partial charge in [-0.3, -0.25) is 4.79 Å². The summed E-state index contributed by atoms with van der Waals surface area (Å²) in [7, 11) is -3.59. The molecule has 1 saturated heterocycles. The van der Waals surface area contributed by atoms with E-state index in [0.29, 0.717) is 31.7 Å². The van der Waals surface area contributed by atoms with Gasteiger partial charge in [0.2, 0.25) is 10.0 Å². The number of aromatic nitrogens is 1. The first-order chi connectivity index (χ1) is 13.8. The van der Waals surface area contributed by atoms with Crippen molar-refractivity contribution in [3.63, 3.8) is 0 Å². The zero-order chi connectivity index (χ0) is 20.6. The molecule has 1 amide bonds. The van der Waals surface area contributed by atoms with Gasteiger partial charge in [0.1, 0.15) is 5.82 Å². The number of aryl methyl sites for hydroxylation is 1. The number of rotatable bonds is 5. The van der Waals surface area contributed by atoms with Crippen molar-refractivity contribution >= 4 is 37.7 Å². The number of hydrogen-bond acceptors (Lipinski definition) is 5. The summed E-state index contributed by atoms with van der Waals surface area (Å²) in [6.07, 6.45) is 3.50. The summed E-state index contributed by atoms with van der Waals surface area (Å²) in [5.41, 5.74) is 1.22. The van der Waals surface area contributed by atoms with Crippen LogP contribution >= 0.6 is 15.9 Å². The second-order valence-electron chi connectivity index (χ2n) is 7.49. The molecule has 1 aliphatic heterocycles. The second kappa shape index (κ2) is 8.04. The van der Waals surface area contributed by atoms with Crippen molar-refractivity contribution < 1.29 is 13.2 Å². The molecule has 7 nitrogen and oxygen atoms in total. The number of anilines is 1. The lowest BCUT2D eigenvalue weighted by Crippen LogP contribution is -2.49. The van der Waals surface area contributed by atoms with E-state index in [1.165, 1.54) is 6.07 Å². The lowest BCUT2D eigenvalue weighted by Gasteiger charge is -2.35. The predicted molar refractivity (Wildman–Crippen MR) is 115 cm³/mol. The zero-order valence-electron chi connectivity index (χ0n) is 16.1. The SMILES string of the molecule is Cc1ccc(S(=O)(=O)NC2CC2)cc1C(=O)N1CCN(c2ccc(Br)cn2)CC1. The highest BCUT2D eigenvalue weighted by Crippen LogP contribution is 2.24. The molecule has 1 N–H and O–H groups in total. The van der Waals surface area contributed by atoms with E-state index in [4.69, 9.17) is 0 Å². The van der Waals surface area contributed by atoms with Gasteiger partial charge in [-0.05, 0) is 65.5 Å². The molecule has 1 aromatic heterocycles. The molecule has 1 saturated carbocycles. The number of amides is 1. The van der Waals surface area contributed by atoms with Gasteiger partial charge >= 0.3 is 0 Å². The number of pyridine rings is 1. The third-order valence-corrected chi connectivity index (χ3v) is 7.24. The third kappa shape index (κ3) is 4.62. The summed E-state index contributed by atoms with van der Waals surface area (Å²) in [6, 6.07) is 8.70. The van der Waals surface area contributed by atoms with E-state index < -0.39 is 10.0 Å². The molecule has 2 aromatic rings. The quantitative estimate of drug-likeness (QED) is 0.713. The van der Waals surface area contributed by atoms with E-state index in [1.54, 1.807) is 23.2 Å². The average Bonchev–Trinajstić information content (AvgIpc) is 3.52. The van der Waals surface area contributed by atoms with E-state index in [1.807, 2.05) is 19.1 Å². The van der Waals surface area contributed by atoms with Crippen molar-refractivity contribution in [2.24, 2.45) is 0 Å². The van der Waals surface area contributed by atoms with E-state index in [-0.39, 0.29) is 16.8 Å². The van der Waals surface area contributed by atoms with Crippen LogP contribution in [-0.4, -0.2) is 56.4 Å². The minimum absolute atomic E-state index is 0.0285. The number of carbonyl (C=O) groups excluding carboxylic acids is 1. The first-order valence-electron chi connectivity index (χ1n) is 9.62. The Bertz CT molecular complexity index is 1010. The minimum Gasteiger partial charge on any atom is -0.353 e. The molecule has 9 heteroatoms. The normalized spacial score (nSPS) is 17.4. The standard InChI is InChI=1S/C20H23BrN4O3S/c1-14-2-6-17(29(27,28)23-16-4-5-16)12-18(14)20(26)25-10-8-24(9-11-25)19-7-3-15(21)13-22-19/h2-3,6-7,12-13,16,23H,4-5,8-11H2,1H3. The average molecular weight is 479 g/mol. The Labute approximate surface area is 179 Å². The van der Waals surface area contributed by atoms with Crippen LogP contribution in [0, 0.1) is 6.92 Å². The lowest BCUT2D eigenvalue weighted by atomic mass is 10.1. The number of carbonyl (C=O) groups is 1. The Morgan fingerprint density at radius 2 is 1.86 bits per heavy atom. The van der Waals surface area contributed by atoms with Crippen LogP contribution in [0.5, 0.6) is 0 Å². The number of benzene rings is 1. The molecule has 2 heterocycles. The molecule has 0 unspecified atom stereocenters. The van der Waals surface area contributed by atoms with Gasteiger partial charge in [0.25, 0.3) is 5.91 Å². The van der Waals surface area contributed by atoms with Crippen molar-refractivity contribution in [3.8, 4) is 0 Å². The summed E-state index contributed by atoms with van der Waals surface area (Å²) in [5, 5.41) is 0. The summed E-state index contributed by atoms with van der Waals surface area (Å²) in [6.45, 7) is 4.32. The smallest absolute Gasteiger partial charge is 0.254 e. The summed E-state index contributed by atoms with van der Waals surface area (Å²) in [4.78, 5) is 21.6. The molecule has 0 spiro atoms. The van der Waals surface area contributed by atoms with Gasteiger partial charge in [-0.2, -0.15) is 0 Å². The van der Waals surface area contributed by atoms with Crippen LogP contribution in [0.25, 0.3) is 0 Å². The second-order valence-corrected chi connectivity index (χ2v) is 10.1. The fourth-order valence-corrected chi connectivity index (χ4v) is 4.92. The number of piperazine rings is 1. The number of hydrogen-bond donors (Lipinski definition) is 1. The van der Waals surface area contributed by atoms with Gasteiger partial charge in [0.15, 0.2) is 0 Å². The van der Waals surface area contributed by atoms with Crippen molar-refractivity contribution in [1.82, 2.24) is 14.6 Å².